The highest BCUT2D eigenvalue weighted by Crippen LogP contribution is 2.28. The van der Waals surface area contributed by atoms with E-state index in [2.05, 4.69) is 4.72 Å². The number of hydrogen-bond donors (Lipinski definition) is 1. The molecule has 0 aromatic heterocycles. The van der Waals surface area contributed by atoms with Crippen molar-refractivity contribution in [3.63, 3.8) is 0 Å². The van der Waals surface area contributed by atoms with Gasteiger partial charge in [0.2, 0.25) is 10.0 Å². The van der Waals surface area contributed by atoms with Gasteiger partial charge in [-0.25, -0.2) is 25.6 Å². The Kier molecular flexibility index (Phi) is 5.78. The molecule has 0 spiro atoms. The van der Waals surface area contributed by atoms with Crippen molar-refractivity contribution in [1.29, 1.82) is 0 Å². The second-order valence-corrected chi connectivity index (χ2v) is 11.2. The summed E-state index contributed by atoms with van der Waals surface area (Å²) in [7, 11) is -8.01. The van der Waals surface area contributed by atoms with Crippen LogP contribution in [0, 0.1) is 18.6 Å². The Bertz CT molecular complexity index is 1390. The van der Waals surface area contributed by atoms with Crippen LogP contribution in [0.15, 0.2) is 70.5 Å². The number of hydrogen-bond acceptors (Lipinski definition) is 4. The lowest BCUT2D eigenvalue weighted by atomic mass is 10.0. The number of rotatable bonds is 5. The maximum absolute atomic E-state index is 14.0. The number of nitrogens with zero attached hydrogens (tertiary/aromatic N) is 1. The van der Waals surface area contributed by atoms with Gasteiger partial charge in [-0.3, -0.25) is 4.72 Å². The molecule has 0 bridgehead atoms. The zero-order chi connectivity index (χ0) is 23.1. The van der Waals surface area contributed by atoms with Gasteiger partial charge >= 0.3 is 0 Å². The zero-order valence-electron chi connectivity index (χ0n) is 17.0. The van der Waals surface area contributed by atoms with Gasteiger partial charge in [0, 0.05) is 24.8 Å². The van der Waals surface area contributed by atoms with E-state index in [-0.39, 0.29) is 17.1 Å². The van der Waals surface area contributed by atoms with E-state index in [0.717, 1.165) is 23.3 Å². The Morgan fingerprint density at radius 3 is 2.28 bits per heavy atom. The molecule has 0 radical (unpaired) electrons. The van der Waals surface area contributed by atoms with Gasteiger partial charge in [0.05, 0.1) is 4.90 Å². The molecule has 3 aromatic rings. The summed E-state index contributed by atoms with van der Waals surface area (Å²) in [5.41, 5.74) is 2.65. The van der Waals surface area contributed by atoms with Crippen molar-refractivity contribution in [3.8, 4) is 0 Å². The Morgan fingerprint density at radius 2 is 1.59 bits per heavy atom. The maximum atomic E-state index is 14.0. The van der Waals surface area contributed by atoms with Crippen molar-refractivity contribution in [2.75, 3.05) is 11.3 Å². The molecule has 6 nitrogen and oxygen atoms in total. The third kappa shape index (κ3) is 4.38. The molecule has 4 rings (SSSR count). The van der Waals surface area contributed by atoms with Crippen LogP contribution in [0.3, 0.4) is 0 Å². The van der Waals surface area contributed by atoms with E-state index in [1.165, 1.54) is 16.4 Å². The molecule has 1 heterocycles. The highest BCUT2D eigenvalue weighted by molar-refractivity contribution is 7.92. The largest absolute Gasteiger partial charge is 0.280 e. The smallest absolute Gasteiger partial charge is 0.264 e. The van der Waals surface area contributed by atoms with Crippen molar-refractivity contribution >= 4 is 25.7 Å². The molecule has 0 aliphatic carbocycles. The summed E-state index contributed by atoms with van der Waals surface area (Å²) < 4.78 is 81.8. The fourth-order valence-electron chi connectivity index (χ4n) is 3.56. The van der Waals surface area contributed by atoms with Gasteiger partial charge in [-0.15, -0.1) is 0 Å². The standard InChI is InChI=1S/C22H20F2N2O4S2/c1-15-2-7-20(8-3-15)32(29,30)26-11-10-16-4-6-19(12-17(16)14-26)25-31(27,28)22-9-5-18(23)13-21(22)24/h2-9,12-13,25H,10-11,14H2,1H3. The number of fused-ring (bicyclic) bond motifs is 1. The summed E-state index contributed by atoms with van der Waals surface area (Å²) in [6, 6.07) is 13.5. The molecule has 32 heavy (non-hydrogen) atoms. The summed E-state index contributed by atoms with van der Waals surface area (Å²) >= 11 is 0. The lowest BCUT2D eigenvalue weighted by molar-refractivity contribution is 0.391. The monoisotopic (exact) mass is 478 g/mol. The van der Waals surface area contributed by atoms with E-state index in [4.69, 9.17) is 0 Å². The minimum absolute atomic E-state index is 0.0754. The lowest BCUT2D eigenvalue weighted by Crippen LogP contribution is -2.36. The maximum Gasteiger partial charge on any atom is 0.264 e. The van der Waals surface area contributed by atoms with Gasteiger partial charge in [0.15, 0.2) is 0 Å². The zero-order valence-corrected chi connectivity index (χ0v) is 18.7. The Morgan fingerprint density at radius 1 is 0.875 bits per heavy atom. The van der Waals surface area contributed by atoms with Crippen molar-refractivity contribution in [1.82, 2.24) is 4.31 Å². The highest BCUT2D eigenvalue weighted by Gasteiger charge is 2.29. The molecule has 3 aromatic carbocycles. The first-order valence-electron chi connectivity index (χ1n) is 9.73. The molecule has 168 valence electrons. The van der Waals surface area contributed by atoms with Crippen LogP contribution in [0.1, 0.15) is 16.7 Å². The van der Waals surface area contributed by atoms with Crippen LogP contribution in [-0.2, 0) is 33.0 Å². The van der Waals surface area contributed by atoms with Gasteiger partial charge in [-0.2, -0.15) is 4.31 Å². The molecule has 0 amide bonds. The second kappa shape index (κ2) is 8.27. The molecule has 0 fully saturated rings. The lowest BCUT2D eigenvalue weighted by Gasteiger charge is -2.28. The number of nitrogens with one attached hydrogen (secondary N) is 1. The van der Waals surface area contributed by atoms with Crippen molar-refractivity contribution in [2.24, 2.45) is 0 Å². The number of anilines is 1. The SMILES string of the molecule is Cc1ccc(S(=O)(=O)N2CCc3ccc(NS(=O)(=O)c4ccc(F)cc4F)cc3C2)cc1. The Hall–Kier alpha value is -2.82. The third-order valence-corrected chi connectivity index (χ3v) is 8.55. The molecular formula is C22H20F2N2O4S2. The first-order chi connectivity index (χ1) is 15.1. The highest BCUT2D eigenvalue weighted by atomic mass is 32.2. The van der Waals surface area contributed by atoms with Crippen LogP contribution in [0.25, 0.3) is 0 Å². The van der Waals surface area contributed by atoms with E-state index < -0.39 is 36.6 Å². The number of benzene rings is 3. The molecule has 1 aliphatic rings. The summed E-state index contributed by atoms with van der Waals surface area (Å²) in [5, 5.41) is 0. The molecule has 0 saturated heterocycles. The van der Waals surface area contributed by atoms with Gasteiger partial charge in [-0.05, 0) is 60.9 Å². The summed E-state index contributed by atoms with van der Waals surface area (Å²) in [5.74, 6) is -2.09. The van der Waals surface area contributed by atoms with Crippen molar-refractivity contribution in [2.45, 2.75) is 29.7 Å². The van der Waals surface area contributed by atoms with Crippen molar-refractivity contribution in [3.05, 3.63) is 89.0 Å². The van der Waals surface area contributed by atoms with E-state index in [0.29, 0.717) is 24.6 Å². The minimum atomic E-state index is -4.30. The van der Waals surface area contributed by atoms with Crippen LogP contribution < -0.4 is 4.72 Å². The molecule has 1 N–H and O–H groups in total. The third-order valence-electron chi connectivity index (χ3n) is 5.28. The normalized spacial score (nSPS) is 14.7. The first-order valence-corrected chi connectivity index (χ1v) is 12.6. The molecule has 1 aliphatic heterocycles. The van der Waals surface area contributed by atoms with Gasteiger partial charge in [0.25, 0.3) is 10.0 Å². The summed E-state index contributed by atoms with van der Waals surface area (Å²) in [4.78, 5) is -0.490. The quantitative estimate of drug-likeness (QED) is 0.604. The predicted octanol–water partition coefficient (Wildman–Crippen LogP) is 3.82. The van der Waals surface area contributed by atoms with Crippen LogP contribution >= 0.6 is 0 Å². The van der Waals surface area contributed by atoms with Crippen LogP contribution in [0.4, 0.5) is 14.5 Å². The minimum Gasteiger partial charge on any atom is -0.280 e. The molecule has 0 saturated carbocycles. The average Bonchev–Trinajstić information content (AvgIpc) is 2.73. The van der Waals surface area contributed by atoms with Gasteiger partial charge in [-0.1, -0.05) is 23.8 Å². The summed E-state index contributed by atoms with van der Waals surface area (Å²) in [6.07, 6.45) is 0.472. The Labute approximate surface area is 185 Å². The molecule has 10 heteroatoms. The van der Waals surface area contributed by atoms with E-state index in [1.54, 1.807) is 30.3 Å². The first kappa shape index (κ1) is 22.4. The second-order valence-electron chi connectivity index (χ2n) is 7.57. The average molecular weight is 479 g/mol. The topological polar surface area (TPSA) is 83.6 Å². The fraction of sp³-hybridized carbons (Fsp3) is 0.182. The molecule has 0 unspecified atom stereocenters. The van der Waals surface area contributed by atoms with Crippen molar-refractivity contribution < 1.29 is 25.6 Å². The van der Waals surface area contributed by atoms with Gasteiger partial charge < -0.3 is 0 Å². The van der Waals surface area contributed by atoms with Crippen LogP contribution in [-0.4, -0.2) is 27.7 Å². The number of aryl methyl sites for hydroxylation is 1. The fourth-order valence-corrected chi connectivity index (χ4v) is 6.09. The Balaban J connectivity index is 1.60. The molecular weight excluding hydrogens is 458 g/mol. The van der Waals surface area contributed by atoms with Crippen LogP contribution in [0.2, 0.25) is 0 Å². The van der Waals surface area contributed by atoms with E-state index in [9.17, 15) is 25.6 Å². The predicted molar refractivity (Wildman–Crippen MR) is 116 cm³/mol. The van der Waals surface area contributed by atoms with Crippen LogP contribution in [0.5, 0.6) is 0 Å². The number of halogens is 2. The van der Waals surface area contributed by atoms with Gasteiger partial charge in [0.1, 0.15) is 16.5 Å². The van der Waals surface area contributed by atoms with E-state index >= 15 is 0 Å². The summed E-state index contributed by atoms with van der Waals surface area (Å²) in [6.45, 7) is 2.25. The number of sulfonamides is 2. The molecule has 0 atom stereocenters. The van der Waals surface area contributed by atoms with E-state index in [1.807, 2.05) is 6.92 Å².